The van der Waals surface area contributed by atoms with Crippen molar-refractivity contribution in [3.8, 4) is 0 Å². The maximum Gasteiger partial charge on any atom is 0.0302 e. The van der Waals surface area contributed by atoms with Crippen LogP contribution in [0, 0.1) is 0 Å². The summed E-state index contributed by atoms with van der Waals surface area (Å²) in [6, 6.07) is 2.14. The van der Waals surface area contributed by atoms with Gasteiger partial charge in [-0.25, -0.2) is 0 Å². The lowest BCUT2D eigenvalue weighted by Gasteiger charge is -2.17. The minimum atomic E-state index is 1.13. The first-order valence-corrected chi connectivity index (χ1v) is 4.46. The maximum absolute atomic E-state index is 4.13. The SMILES string of the molecule is C/C=C1\CCc2cnccc2C1. The van der Waals surface area contributed by atoms with Crippen molar-refractivity contribution >= 4 is 0 Å². The maximum atomic E-state index is 4.13. The molecule has 0 fully saturated rings. The number of pyridine rings is 1. The van der Waals surface area contributed by atoms with E-state index >= 15 is 0 Å². The number of nitrogens with zero attached hydrogens (tertiary/aromatic N) is 1. The highest BCUT2D eigenvalue weighted by Gasteiger charge is 2.10. The Kier molecular flexibility index (Phi) is 1.94. The molecule has 0 saturated carbocycles. The second-order valence-electron chi connectivity index (χ2n) is 3.27. The number of hydrogen-bond donors (Lipinski definition) is 0. The van der Waals surface area contributed by atoms with Crippen molar-refractivity contribution in [2.24, 2.45) is 0 Å². The Labute approximate surface area is 73.1 Å². The summed E-state index contributed by atoms with van der Waals surface area (Å²) in [4.78, 5) is 4.13. The van der Waals surface area contributed by atoms with E-state index in [0.717, 1.165) is 6.42 Å². The van der Waals surface area contributed by atoms with Crippen LogP contribution in [0.5, 0.6) is 0 Å². The normalized spacial score (nSPS) is 19.2. The monoisotopic (exact) mass is 159 g/mol. The zero-order chi connectivity index (χ0) is 8.39. The van der Waals surface area contributed by atoms with E-state index in [9.17, 15) is 0 Å². The van der Waals surface area contributed by atoms with Crippen molar-refractivity contribution < 1.29 is 0 Å². The average molecular weight is 159 g/mol. The Morgan fingerprint density at radius 1 is 1.33 bits per heavy atom. The van der Waals surface area contributed by atoms with E-state index in [1.54, 1.807) is 5.57 Å². The zero-order valence-corrected chi connectivity index (χ0v) is 7.38. The minimum Gasteiger partial charge on any atom is -0.264 e. The molecule has 12 heavy (non-hydrogen) atoms. The molecule has 0 aromatic carbocycles. The van der Waals surface area contributed by atoms with E-state index in [1.807, 2.05) is 12.4 Å². The Morgan fingerprint density at radius 2 is 2.25 bits per heavy atom. The highest BCUT2D eigenvalue weighted by Crippen LogP contribution is 2.23. The summed E-state index contributed by atoms with van der Waals surface area (Å²) >= 11 is 0. The summed E-state index contributed by atoms with van der Waals surface area (Å²) in [7, 11) is 0. The van der Waals surface area contributed by atoms with E-state index in [4.69, 9.17) is 0 Å². The van der Waals surface area contributed by atoms with Crippen LogP contribution in [-0.4, -0.2) is 4.98 Å². The fraction of sp³-hybridized carbons (Fsp3) is 0.364. The van der Waals surface area contributed by atoms with Crippen molar-refractivity contribution in [1.82, 2.24) is 4.98 Å². The predicted molar refractivity (Wildman–Crippen MR) is 50.0 cm³/mol. The molecule has 1 heteroatoms. The molecule has 2 rings (SSSR count). The van der Waals surface area contributed by atoms with Gasteiger partial charge in [0.25, 0.3) is 0 Å². The van der Waals surface area contributed by atoms with Gasteiger partial charge in [-0.05, 0) is 43.4 Å². The van der Waals surface area contributed by atoms with Gasteiger partial charge in [-0.1, -0.05) is 11.6 Å². The number of hydrogen-bond acceptors (Lipinski definition) is 1. The van der Waals surface area contributed by atoms with E-state index in [-0.39, 0.29) is 0 Å². The smallest absolute Gasteiger partial charge is 0.0302 e. The molecule has 0 bridgehead atoms. The largest absolute Gasteiger partial charge is 0.264 e. The molecule has 1 aliphatic carbocycles. The van der Waals surface area contributed by atoms with E-state index in [0.29, 0.717) is 0 Å². The summed E-state index contributed by atoms with van der Waals surface area (Å²) in [5, 5.41) is 0. The fourth-order valence-corrected chi connectivity index (χ4v) is 1.73. The summed E-state index contributed by atoms with van der Waals surface area (Å²) in [6.45, 7) is 2.13. The van der Waals surface area contributed by atoms with E-state index in [1.165, 1.54) is 24.0 Å². The van der Waals surface area contributed by atoms with Gasteiger partial charge < -0.3 is 0 Å². The summed E-state index contributed by atoms with van der Waals surface area (Å²) in [5.41, 5.74) is 4.46. The average Bonchev–Trinajstić information content (AvgIpc) is 2.17. The predicted octanol–water partition coefficient (Wildman–Crippen LogP) is 2.52. The first-order chi connectivity index (χ1) is 5.90. The van der Waals surface area contributed by atoms with Crippen LogP contribution in [0.25, 0.3) is 0 Å². The molecular weight excluding hydrogens is 146 g/mol. The van der Waals surface area contributed by atoms with Crippen molar-refractivity contribution in [1.29, 1.82) is 0 Å². The highest BCUT2D eigenvalue weighted by atomic mass is 14.6. The second-order valence-corrected chi connectivity index (χ2v) is 3.27. The molecule has 0 amide bonds. The first kappa shape index (κ1) is 7.53. The Bertz CT molecular complexity index is 313. The third-order valence-corrected chi connectivity index (χ3v) is 2.55. The van der Waals surface area contributed by atoms with Gasteiger partial charge in [0.05, 0.1) is 0 Å². The highest BCUT2D eigenvalue weighted by molar-refractivity contribution is 5.32. The second kappa shape index (κ2) is 3.10. The molecule has 1 aliphatic rings. The molecule has 0 spiro atoms. The molecule has 1 nitrogen and oxygen atoms in total. The molecule has 1 aromatic heterocycles. The van der Waals surface area contributed by atoms with E-state index in [2.05, 4.69) is 24.1 Å². The number of rotatable bonds is 0. The molecule has 0 saturated heterocycles. The number of allylic oxidation sites excluding steroid dienone is 2. The van der Waals surface area contributed by atoms with Crippen LogP contribution >= 0.6 is 0 Å². The number of aryl methyl sites for hydroxylation is 1. The van der Waals surface area contributed by atoms with Gasteiger partial charge in [-0.3, -0.25) is 4.98 Å². The van der Waals surface area contributed by atoms with Crippen molar-refractivity contribution in [3.63, 3.8) is 0 Å². The topological polar surface area (TPSA) is 12.9 Å². The standard InChI is InChI=1S/C11H13N/c1-2-9-3-4-11-8-12-6-5-10(11)7-9/h2,5-6,8H,3-4,7H2,1H3/b9-2+. The quantitative estimate of drug-likeness (QED) is 0.530. The van der Waals surface area contributed by atoms with E-state index < -0.39 is 0 Å². The van der Waals surface area contributed by atoms with Gasteiger partial charge in [0.1, 0.15) is 0 Å². The molecule has 1 aromatic rings. The van der Waals surface area contributed by atoms with Gasteiger partial charge in [0.2, 0.25) is 0 Å². The van der Waals surface area contributed by atoms with Crippen LogP contribution in [0.4, 0.5) is 0 Å². The summed E-state index contributed by atoms with van der Waals surface area (Å²) < 4.78 is 0. The van der Waals surface area contributed by atoms with Crippen LogP contribution in [-0.2, 0) is 12.8 Å². The summed E-state index contributed by atoms with van der Waals surface area (Å²) in [6.07, 6.45) is 9.65. The Hall–Kier alpha value is -1.11. The lowest BCUT2D eigenvalue weighted by Crippen LogP contribution is -2.05. The molecule has 0 atom stereocenters. The van der Waals surface area contributed by atoms with Crippen LogP contribution in [0.15, 0.2) is 30.1 Å². The molecule has 0 radical (unpaired) electrons. The van der Waals surface area contributed by atoms with Crippen LogP contribution in [0.3, 0.4) is 0 Å². The molecule has 0 N–H and O–H groups in total. The molecule has 0 unspecified atom stereocenters. The van der Waals surface area contributed by atoms with Gasteiger partial charge in [-0.2, -0.15) is 0 Å². The Balaban J connectivity index is 2.35. The lowest BCUT2D eigenvalue weighted by atomic mass is 9.89. The van der Waals surface area contributed by atoms with Crippen LogP contribution < -0.4 is 0 Å². The fourth-order valence-electron chi connectivity index (χ4n) is 1.73. The molecule has 0 aliphatic heterocycles. The molecular formula is C11H13N. The third-order valence-electron chi connectivity index (χ3n) is 2.55. The minimum absolute atomic E-state index is 1.13. The first-order valence-electron chi connectivity index (χ1n) is 4.46. The lowest BCUT2D eigenvalue weighted by molar-refractivity contribution is 0.826. The zero-order valence-electron chi connectivity index (χ0n) is 7.38. The summed E-state index contributed by atoms with van der Waals surface area (Å²) in [5.74, 6) is 0. The van der Waals surface area contributed by atoms with Gasteiger partial charge in [-0.15, -0.1) is 0 Å². The number of aromatic nitrogens is 1. The number of fused-ring (bicyclic) bond motifs is 1. The third kappa shape index (κ3) is 1.27. The van der Waals surface area contributed by atoms with Crippen LogP contribution in [0.2, 0.25) is 0 Å². The molecule has 62 valence electrons. The van der Waals surface area contributed by atoms with Crippen molar-refractivity contribution in [3.05, 3.63) is 41.2 Å². The Morgan fingerprint density at radius 3 is 3.08 bits per heavy atom. The van der Waals surface area contributed by atoms with Gasteiger partial charge in [0, 0.05) is 12.4 Å². The van der Waals surface area contributed by atoms with Gasteiger partial charge >= 0.3 is 0 Å². The van der Waals surface area contributed by atoms with Crippen LogP contribution in [0.1, 0.15) is 24.5 Å². The molecule has 1 heterocycles. The van der Waals surface area contributed by atoms with Crippen molar-refractivity contribution in [2.75, 3.05) is 0 Å². The van der Waals surface area contributed by atoms with Crippen molar-refractivity contribution in [2.45, 2.75) is 26.2 Å². The van der Waals surface area contributed by atoms with Gasteiger partial charge in [0.15, 0.2) is 0 Å².